The van der Waals surface area contributed by atoms with Crippen LogP contribution in [0.3, 0.4) is 0 Å². The predicted octanol–water partition coefficient (Wildman–Crippen LogP) is 7.74. The summed E-state index contributed by atoms with van der Waals surface area (Å²) in [6.07, 6.45) is 3.27. The van der Waals surface area contributed by atoms with E-state index in [0.717, 1.165) is 19.3 Å². The van der Waals surface area contributed by atoms with Gasteiger partial charge in [-0.2, -0.15) is 0 Å². The van der Waals surface area contributed by atoms with E-state index in [0.29, 0.717) is 14.5 Å². The van der Waals surface area contributed by atoms with Crippen LogP contribution in [0.5, 0.6) is 0 Å². The third kappa shape index (κ3) is 3.95. The first kappa shape index (κ1) is 19.7. The minimum atomic E-state index is 0.392. The number of alkyl halides is 3. The lowest BCUT2D eigenvalue weighted by molar-refractivity contribution is 0.870. The molecule has 1 rings (SSSR count). The van der Waals surface area contributed by atoms with Gasteiger partial charge in [0, 0.05) is 14.5 Å². The van der Waals surface area contributed by atoms with Crippen LogP contribution >= 0.6 is 47.8 Å². The van der Waals surface area contributed by atoms with Crippen LogP contribution in [0.4, 0.5) is 0 Å². The Balaban J connectivity index is 3.96. The molecule has 0 saturated carbocycles. The van der Waals surface area contributed by atoms with Crippen LogP contribution in [0.2, 0.25) is 0 Å². The van der Waals surface area contributed by atoms with Crippen molar-refractivity contribution in [3.8, 4) is 0 Å². The first-order chi connectivity index (χ1) is 9.81. The molecular formula is C18H27Br3. The van der Waals surface area contributed by atoms with Gasteiger partial charge < -0.3 is 0 Å². The molecule has 0 amide bonds. The second-order valence-electron chi connectivity index (χ2n) is 5.59. The van der Waals surface area contributed by atoms with E-state index in [-0.39, 0.29) is 0 Å². The highest BCUT2D eigenvalue weighted by molar-refractivity contribution is 9.09. The van der Waals surface area contributed by atoms with Crippen LogP contribution in [0.25, 0.3) is 0 Å². The fraction of sp³-hybridized carbons (Fsp3) is 0.667. The number of hydrogen-bond donors (Lipinski definition) is 0. The maximum absolute atomic E-state index is 3.85. The van der Waals surface area contributed by atoms with Crippen LogP contribution in [0.1, 0.15) is 89.4 Å². The minimum absolute atomic E-state index is 0.392. The van der Waals surface area contributed by atoms with Gasteiger partial charge in [-0.25, -0.2) is 0 Å². The summed E-state index contributed by atoms with van der Waals surface area (Å²) in [7, 11) is 0. The smallest absolute Gasteiger partial charge is 0.0372 e. The molecule has 0 unspecified atom stereocenters. The predicted molar refractivity (Wildman–Crippen MR) is 107 cm³/mol. The van der Waals surface area contributed by atoms with Crippen LogP contribution < -0.4 is 0 Å². The average molecular weight is 483 g/mol. The van der Waals surface area contributed by atoms with Crippen molar-refractivity contribution in [3.05, 3.63) is 33.4 Å². The van der Waals surface area contributed by atoms with Crippen molar-refractivity contribution < 1.29 is 0 Å². The van der Waals surface area contributed by atoms with Gasteiger partial charge in [0.1, 0.15) is 0 Å². The summed E-state index contributed by atoms with van der Waals surface area (Å²) >= 11 is 11.5. The number of rotatable bonds is 6. The summed E-state index contributed by atoms with van der Waals surface area (Å²) in [5.74, 6) is 0. The fourth-order valence-electron chi connectivity index (χ4n) is 3.56. The van der Waals surface area contributed by atoms with Crippen LogP contribution in [0, 0.1) is 0 Å². The maximum atomic E-state index is 3.85. The molecule has 120 valence electrons. The molecular weight excluding hydrogens is 456 g/mol. The highest BCUT2D eigenvalue weighted by atomic mass is 79.9. The maximum Gasteiger partial charge on any atom is 0.0372 e. The molecule has 0 heterocycles. The van der Waals surface area contributed by atoms with E-state index in [1.54, 1.807) is 0 Å². The summed E-state index contributed by atoms with van der Waals surface area (Å²) in [5.41, 5.74) is 9.15. The van der Waals surface area contributed by atoms with Gasteiger partial charge in [0.15, 0.2) is 0 Å². The Morgan fingerprint density at radius 2 is 0.762 bits per heavy atom. The number of halogens is 3. The molecule has 0 nitrogen and oxygen atoms in total. The van der Waals surface area contributed by atoms with E-state index in [9.17, 15) is 0 Å². The van der Waals surface area contributed by atoms with Gasteiger partial charge in [-0.15, -0.1) is 0 Å². The lowest BCUT2D eigenvalue weighted by atomic mass is 9.81. The minimum Gasteiger partial charge on any atom is -0.0842 e. The quantitative estimate of drug-likeness (QED) is 0.363. The summed E-state index contributed by atoms with van der Waals surface area (Å²) in [6.45, 7) is 13.6. The molecule has 0 aromatic heterocycles. The van der Waals surface area contributed by atoms with Crippen LogP contribution in [-0.2, 0) is 19.3 Å². The van der Waals surface area contributed by atoms with Gasteiger partial charge in [0.05, 0.1) is 0 Å². The van der Waals surface area contributed by atoms with Crippen LogP contribution in [-0.4, -0.2) is 0 Å². The Morgan fingerprint density at radius 3 is 0.857 bits per heavy atom. The average Bonchev–Trinajstić information content (AvgIpc) is 2.42. The fourth-order valence-corrected chi connectivity index (χ4v) is 5.22. The monoisotopic (exact) mass is 480 g/mol. The van der Waals surface area contributed by atoms with Crippen molar-refractivity contribution in [2.45, 2.75) is 75.3 Å². The summed E-state index contributed by atoms with van der Waals surface area (Å²) < 4.78 is 0. The van der Waals surface area contributed by atoms with Gasteiger partial charge >= 0.3 is 0 Å². The van der Waals surface area contributed by atoms with Crippen molar-refractivity contribution >= 4 is 47.8 Å². The lowest BCUT2D eigenvalue weighted by Crippen LogP contribution is -2.14. The number of hydrogen-bond acceptors (Lipinski definition) is 0. The molecule has 1 aromatic rings. The van der Waals surface area contributed by atoms with E-state index >= 15 is 0 Å². The summed E-state index contributed by atoms with van der Waals surface area (Å²) in [6, 6.07) is 0. The zero-order chi connectivity index (χ0) is 16.3. The van der Waals surface area contributed by atoms with E-state index in [4.69, 9.17) is 0 Å². The molecule has 0 N–H and O–H groups in total. The van der Waals surface area contributed by atoms with Crippen molar-refractivity contribution in [2.24, 2.45) is 0 Å². The third-order valence-electron chi connectivity index (χ3n) is 4.20. The SMILES string of the molecule is CCc1c([C@H](C)Br)c(CC)c([C@@H](C)Br)c(CC)c1[C@@H](C)Br. The Morgan fingerprint density at radius 1 is 0.571 bits per heavy atom. The highest BCUT2D eigenvalue weighted by Gasteiger charge is 2.26. The van der Waals surface area contributed by atoms with Gasteiger partial charge in [-0.3, -0.25) is 0 Å². The normalized spacial score (nSPS) is 15.9. The molecule has 0 bridgehead atoms. The molecule has 0 saturated heterocycles. The second kappa shape index (κ2) is 8.49. The summed E-state index contributed by atoms with van der Waals surface area (Å²) in [4.78, 5) is 1.18. The topological polar surface area (TPSA) is 0 Å². The van der Waals surface area contributed by atoms with E-state index < -0.39 is 0 Å². The Labute approximate surface area is 155 Å². The summed E-state index contributed by atoms with van der Waals surface area (Å²) in [5, 5.41) is 0. The van der Waals surface area contributed by atoms with Crippen molar-refractivity contribution in [1.82, 2.24) is 0 Å². The van der Waals surface area contributed by atoms with Gasteiger partial charge in [-0.05, 0) is 73.4 Å². The van der Waals surface area contributed by atoms with Crippen molar-refractivity contribution in [3.63, 3.8) is 0 Å². The van der Waals surface area contributed by atoms with Crippen LogP contribution in [0.15, 0.2) is 0 Å². The Hall–Kier alpha value is 0.660. The molecule has 0 fully saturated rings. The highest BCUT2D eigenvalue weighted by Crippen LogP contribution is 2.44. The molecule has 1 aromatic carbocycles. The standard InChI is InChI=1S/C18H27Br3/c1-7-13-16(10(4)19)14(8-2)18(12(6)21)15(9-3)17(13)11(5)20/h10-12H,7-9H2,1-6H3/t10-,11-,12+/m1/s1. The molecule has 0 aliphatic carbocycles. The van der Waals surface area contributed by atoms with E-state index in [2.05, 4.69) is 89.3 Å². The van der Waals surface area contributed by atoms with Crippen molar-refractivity contribution in [1.29, 1.82) is 0 Å². The number of benzene rings is 1. The Kier molecular flexibility index (Phi) is 7.97. The van der Waals surface area contributed by atoms with Gasteiger partial charge in [0.2, 0.25) is 0 Å². The molecule has 3 heteroatoms. The molecule has 0 radical (unpaired) electrons. The zero-order valence-electron chi connectivity index (χ0n) is 14.0. The second-order valence-corrected chi connectivity index (χ2v) is 9.71. The van der Waals surface area contributed by atoms with Crippen molar-refractivity contribution in [2.75, 3.05) is 0 Å². The molecule has 3 atom stereocenters. The lowest BCUT2D eigenvalue weighted by Gasteiger charge is -2.29. The third-order valence-corrected chi connectivity index (χ3v) is 5.58. The molecule has 0 aliphatic rings. The van der Waals surface area contributed by atoms with E-state index in [1.165, 1.54) is 33.4 Å². The first-order valence-corrected chi connectivity index (χ1v) is 10.7. The Bertz CT molecular complexity index is 395. The van der Waals surface area contributed by atoms with E-state index in [1.807, 2.05) is 0 Å². The zero-order valence-corrected chi connectivity index (χ0v) is 18.7. The molecule has 0 spiro atoms. The van der Waals surface area contributed by atoms with Gasteiger partial charge in [-0.1, -0.05) is 68.6 Å². The molecule has 21 heavy (non-hydrogen) atoms. The van der Waals surface area contributed by atoms with Gasteiger partial charge in [0.25, 0.3) is 0 Å². The molecule has 0 aliphatic heterocycles. The largest absolute Gasteiger partial charge is 0.0842 e. The first-order valence-electron chi connectivity index (χ1n) is 7.93.